The molecule has 0 aliphatic carbocycles. The maximum absolute atomic E-state index is 4.22. The molecule has 0 unspecified atom stereocenters. The summed E-state index contributed by atoms with van der Waals surface area (Å²) in [6, 6.07) is 11.8. The van der Waals surface area contributed by atoms with Crippen molar-refractivity contribution in [1.82, 2.24) is 9.97 Å². The van der Waals surface area contributed by atoms with E-state index in [-0.39, 0.29) is 0 Å². The van der Waals surface area contributed by atoms with Crippen molar-refractivity contribution in [3.63, 3.8) is 0 Å². The Bertz CT molecular complexity index is 357. The molecule has 0 atom stereocenters. The first-order chi connectivity index (χ1) is 7.45. The van der Waals surface area contributed by atoms with Gasteiger partial charge in [0.2, 0.25) is 0 Å². The van der Waals surface area contributed by atoms with Crippen molar-refractivity contribution in [2.24, 2.45) is 0 Å². The summed E-state index contributed by atoms with van der Waals surface area (Å²) in [5, 5.41) is 2.03. The SMILES string of the molecule is c1ccc([S][Cu][S]c2ccccn2)nc1. The van der Waals surface area contributed by atoms with Crippen LogP contribution >= 0.6 is 20.4 Å². The summed E-state index contributed by atoms with van der Waals surface area (Å²) >= 11 is 1.76. The molecular formula is C10H8CuN2S2. The molecule has 5 heteroatoms. The van der Waals surface area contributed by atoms with Crippen LogP contribution in [0.4, 0.5) is 0 Å². The van der Waals surface area contributed by atoms with Gasteiger partial charge in [-0.15, -0.1) is 0 Å². The van der Waals surface area contributed by atoms with E-state index in [0.29, 0.717) is 0 Å². The Morgan fingerprint density at radius 2 is 1.33 bits per heavy atom. The van der Waals surface area contributed by atoms with E-state index < -0.39 is 0 Å². The summed E-state index contributed by atoms with van der Waals surface area (Å²) in [4.78, 5) is 8.43. The fraction of sp³-hybridized carbons (Fsp3) is 0. The average Bonchev–Trinajstić information content (AvgIpc) is 2.32. The third-order valence-corrected chi connectivity index (χ3v) is 5.18. The van der Waals surface area contributed by atoms with E-state index >= 15 is 0 Å². The standard InChI is InChI=1S/2C5H5NS.Cu/c2*7-5-3-1-2-4-6-5;/h2*1-4H,(H,6,7);/q;;+2/p-2. The molecule has 0 saturated carbocycles. The zero-order chi connectivity index (χ0) is 10.3. The molecule has 0 aliphatic heterocycles. The van der Waals surface area contributed by atoms with Crippen molar-refractivity contribution in [1.29, 1.82) is 0 Å². The summed E-state index contributed by atoms with van der Waals surface area (Å²) in [5.41, 5.74) is 0. The van der Waals surface area contributed by atoms with Crippen molar-refractivity contribution in [2.75, 3.05) is 0 Å². The topological polar surface area (TPSA) is 25.8 Å². The fourth-order valence-corrected chi connectivity index (χ4v) is 4.25. The van der Waals surface area contributed by atoms with Gasteiger partial charge in [-0.25, -0.2) is 0 Å². The summed E-state index contributed by atoms with van der Waals surface area (Å²) in [5.74, 6) is 0. The Morgan fingerprint density at radius 3 is 1.73 bits per heavy atom. The first-order valence-electron chi connectivity index (χ1n) is 4.20. The molecule has 0 saturated heterocycles. The van der Waals surface area contributed by atoms with E-state index in [9.17, 15) is 0 Å². The summed E-state index contributed by atoms with van der Waals surface area (Å²) in [7, 11) is 3.27. The van der Waals surface area contributed by atoms with Gasteiger partial charge >= 0.3 is 102 Å². The molecule has 0 amide bonds. The zero-order valence-electron chi connectivity index (χ0n) is 7.63. The number of aromatic nitrogens is 2. The minimum atomic E-state index is 1.01. The molecule has 0 bridgehead atoms. The van der Waals surface area contributed by atoms with E-state index in [2.05, 4.69) is 9.97 Å². The van der Waals surface area contributed by atoms with Gasteiger partial charge in [0, 0.05) is 0 Å². The number of hydrogen-bond donors (Lipinski definition) is 0. The van der Waals surface area contributed by atoms with E-state index in [1.54, 1.807) is 45.5 Å². The monoisotopic (exact) mass is 283 g/mol. The van der Waals surface area contributed by atoms with Gasteiger partial charge in [0.1, 0.15) is 0 Å². The second-order valence-corrected chi connectivity index (χ2v) is 6.56. The van der Waals surface area contributed by atoms with Crippen LogP contribution in [0.2, 0.25) is 0 Å². The second-order valence-electron chi connectivity index (χ2n) is 2.51. The first-order valence-corrected chi connectivity index (χ1v) is 7.81. The number of nitrogens with zero attached hydrogens (tertiary/aromatic N) is 2. The summed E-state index contributed by atoms with van der Waals surface area (Å²) < 4.78 is 0. The van der Waals surface area contributed by atoms with Crippen molar-refractivity contribution < 1.29 is 12.7 Å². The fourth-order valence-electron chi connectivity index (χ4n) is 0.831. The molecule has 2 aromatic heterocycles. The maximum atomic E-state index is 4.22. The zero-order valence-corrected chi connectivity index (χ0v) is 10.2. The molecule has 2 rings (SSSR count). The molecule has 0 aliphatic rings. The quantitative estimate of drug-likeness (QED) is 0.805. The molecule has 15 heavy (non-hydrogen) atoms. The van der Waals surface area contributed by atoms with E-state index in [1.165, 1.54) is 0 Å². The number of hydrogen-bond acceptors (Lipinski definition) is 4. The van der Waals surface area contributed by atoms with Crippen LogP contribution in [-0.2, 0) is 12.7 Å². The van der Waals surface area contributed by atoms with Gasteiger partial charge in [-0.2, -0.15) is 0 Å². The number of rotatable bonds is 4. The molecule has 2 nitrogen and oxygen atoms in total. The van der Waals surface area contributed by atoms with Crippen molar-refractivity contribution in [3.05, 3.63) is 48.8 Å². The van der Waals surface area contributed by atoms with E-state index in [1.807, 2.05) is 36.4 Å². The number of pyridine rings is 2. The van der Waals surface area contributed by atoms with Gasteiger partial charge in [0.25, 0.3) is 0 Å². The van der Waals surface area contributed by atoms with Crippen LogP contribution in [0, 0.1) is 0 Å². The Hall–Kier alpha value is -0.481. The Morgan fingerprint density at radius 1 is 0.800 bits per heavy atom. The van der Waals surface area contributed by atoms with Crippen LogP contribution in [0.15, 0.2) is 58.8 Å². The molecule has 81 valence electrons. The third kappa shape index (κ3) is 3.87. The Kier molecular flexibility index (Phi) is 4.54. The molecule has 0 spiro atoms. The van der Waals surface area contributed by atoms with Crippen LogP contribution in [0.25, 0.3) is 0 Å². The Labute approximate surface area is 102 Å². The van der Waals surface area contributed by atoms with Crippen LogP contribution in [0.3, 0.4) is 0 Å². The second kappa shape index (κ2) is 6.18. The predicted molar refractivity (Wildman–Crippen MR) is 60.2 cm³/mol. The molecule has 0 radical (unpaired) electrons. The summed E-state index contributed by atoms with van der Waals surface area (Å²) in [6.45, 7) is 0. The van der Waals surface area contributed by atoms with Crippen LogP contribution in [-0.4, -0.2) is 9.97 Å². The van der Waals surface area contributed by atoms with E-state index in [4.69, 9.17) is 0 Å². The molecule has 2 aromatic rings. The molecule has 2 heterocycles. The van der Waals surface area contributed by atoms with Crippen LogP contribution in [0.5, 0.6) is 0 Å². The van der Waals surface area contributed by atoms with Gasteiger partial charge < -0.3 is 0 Å². The molecule has 0 fully saturated rings. The van der Waals surface area contributed by atoms with Crippen molar-refractivity contribution in [2.45, 2.75) is 10.1 Å². The van der Waals surface area contributed by atoms with Crippen molar-refractivity contribution >= 4 is 20.4 Å². The normalized spacial score (nSPS) is 10.4. The van der Waals surface area contributed by atoms with E-state index in [0.717, 1.165) is 10.1 Å². The predicted octanol–water partition coefficient (Wildman–Crippen LogP) is 3.27. The minimum absolute atomic E-state index is 1.01. The van der Waals surface area contributed by atoms with Gasteiger partial charge in [0.05, 0.1) is 0 Å². The molecule has 0 N–H and O–H groups in total. The van der Waals surface area contributed by atoms with Gasteiger partial charge in [-0.1, -0.05) is 0 Å². The van der Waals surface area contributed by atoms with Gasteiger partial charge in [-0.05, 0) is 0 Å². The average molecular weight is 284 g/mol. The third-order valence-electron chi connectivity index (χ3n) is 1.45. The van der Waals surface area contributed by atoms with Gasteiger partial charge in [0.15, 0.2) is 0 Å². The molecule has 0 aromatic carbocycles. The van der Waals surface area contributed by atoms with Crippen LogP contribution < -0.4 is 0 Å². The molecular weight excluding hydrogens is 276 g/mol. The summed E-state index contributed by atoms with van der Waals surface area (Å²) in [6.07, 6.45) is 3.60. The Balaban J connectivity index is 1.81. The first kappa shape index (κ1) is 11.0. The van der Waals surface area contributed by atoms with Crippen molar-refractivity contribution in [3.8, 4) is 0 Å². The van der Waals surface area contributed by atoms with Crippen LogP contribution in [0.1, 0.15) is 0 Å². The van der Waals surface area contributed by atoms with Gasteiger partial charge in [-0.3, -0.25) is 0 Å².